The summed E-state index contributed by atoms with van der Waals surface area (Å²) >= 11 is 0. The highest BCUT2D eigenvalue weighted by Crippen LogP contribution is 2.61. The molecule has 3 aliphatic rings. The molecule has 0 saturated heterocycles. The zero-order valence-corrected chi connectivity index (χ0v) is 17.5. The van der Waals surface area contributed by atoms with E-state index in [1.165, 1.54) is 44.1 Å². The molecule has 1 aromatic rings. The Bertz CT molecular complexity index is 668. The molecule has 150 valence electrons. The Morgan fingerprint density at radius 1 is 1.22 bits per heavy atom. The molecule has 0 unspecified atom stereocenters. The maximum absolute atomic E-state index is 11.5. The molecule has 0 amide bonds. The van der Waals surface area contributed by atoms with Gasteiger partial charge in [0.05, 0.1) is 12.4 Å². The van der Waals surface area contributed by atoms with E-state index in [-0.39, 0.29) is 16.9 Å². The highest BCUT2D eigenvalue weighted by molar-refractivity contribution is 5.21. The molecule has 1 N–H and O–H groups in total. The van der Waals surface area contributed by atoms with Crippen molar-refractivity contribution in [3.05, 3.63) is 30.9 Å². The van der Waals surface area contributed by atoms with Crippen LogP contribution < -0.4 is 0 Å². The van der Waals surface area contributed by atoms with Crippen molar-refractivity contribution in [2.24, 2.45) is 34.5 Å². The number of imidazole rings is 1. The second kappa shape index (κ2) is 7.06. The smallest absolute Gasteiger partial charge is 0.0945 e. The van der Waals surface area contributed by atoms with Gasteiger partial charge < -0.3 is 9.67 Å². The van der Waals surface area contributed by atoms with Crippen molar-refractivity contribution in [2.75, 3.05) is 0 Å². The topological polar surface area (TPSA) is 38.0 Å². The first kappa shape index (κ1) is 19.2. The maximum Gasteiger partial charge on any atom is 0.0945 e. The van der Waals surface area contributed by atoms with Crippen LogP contribution in [0.15, 0.2) is 30.9 Å². The molecule has 4 rings (SSSR count). The lowest BCUT2D eigenvalue weighted by atomic mass is 9.51. The van der Waals surface area contributed by atoms with Gasteiger partial charge in [0.1, 0.15) is 0 Å². The largest absolute Gasteiger partial charge is 0.392 e. The van der Waals surface area contributed by atoms with Crippen LogP contribution in [0.1, 0.15) is 72.1 Å². The van der Waals surface area contributed by atoms with Crippen LogP contribution in [0, 0.1) is 34.5 Å². The van der Waals surface area contributed by atoms with E-state index in [0.29, 0.717) is 17.8 Å². The van der Waals surface area contributed by atoms with Crippen LogP contribution in [0.3, 0.4) is 0 Å². The fourth-order valence-corrected chi connectivity index (χ4v) is 7.03. The summed E-state index contributed by atoms with van der Waals surface area (Å²) in [4.78, 5) is 4.20. The van der Waals surface area contributed by atoms with Gasteiger partial charge in [-0.15, -0.1) is 0 Å². The molecular weight excluding hydrogens is 332 g/mol. The van der Waals surface area contributed by atoms with Gasteiger partial charge in [0.25, 0.3) is 0 Å². The molecule has 0 aromatic carbocycles. The van der Waals surface area contributed by atoms with Gasteiger partial charge in [-0.05, 0) is 79.4 Å². The Hall–Kier alpha value is -1.09. The minimum absolute atomic E-state index is 0.155. The van der Waals surface area contributed by atoms with Crippen molar-refractivity contribution in [1.82, 2.24) is 9.55 Å². The van der Waals surface area contributed by atoms with Crippen molar-refractivity contribution in [1.29, 1.82) is 0 Å². The lowest BCUT2D eigenvalue weighted by Crippen LogP contribution is -2.52. The first-order valence-corrected chi connectivity index (χ1v) is 11.2. The first-order valence-electron chi connectivity index (χ1n) is 11.2. The molecule has 27 heavy (non-hydrogen) atoms. The van der Waals surface area contributed by atoms with Gasteiger partial charge in [-0.3, -0.25) is 0 Å². The average molecular weight is 371 g/mol. The van der Waals surface area contributed by atoms with Gasteiger partial charge in [0.15, 0.2) is 0 Å². The molecule has 3 aliphatic carbocycles. The van der Waals surface area contributed by atoms with Crippen LogP contribution in [-0.4, -0.2) is 20.8 Å². The lowest BCUT2D eigenvalue weighted by molar-refractivity contribution is -0.113. The molecule has 0 aliphatic heterocycles. The highest BCUT2D eigenvalue weighted by atomic mass is 16.3. The second-order valence-electron chi connectivity index (χ2n) is 10.5. The van der Waals surface area contributed by atoms with Crippen LogP contribution in [0.25, 0.3) is 0 Å². The molecule has 0 radical (unpaired) electrons. The third-order valence-electron chi connectivity index (χ3n) is 9.12. The monoisotopic (exact) mass is 370 g/mol. The summed E-state index contributed by atoms with van der Waals surface area (Å²) in [6, 6.07) is 0. The fraction of sp³-hybridized carbons (Fsp3) is 0.792. The number of allylic oxidation sites excluding steroid dienone is 1. The van der Waals surface area contributed by atoms with Crippen LogP contribution >= 0.6 is 0 Å². The molecular formula is C24H38N2O. The van der Waals surface area contributed by atoms with Gasteiger partial charge in [0, 0.05) is 18.9 Å². The Balaban J connectivity index is 1.54. The van der Waals surface area contributed by atoms with Gasteiger partial charge in [-0.1, -0.05) is 39.3 Å². The third-order valence-corrected chi connectivity index (χ3v) is 9.12. The second-order valence-corrected chi connectivity index (χ2v) is 10.5. The number of hydrogen-bond acceptors (Lipinski definition) is 2. The molecule has 7 atom stereocenters. The molecule has 1 aromatic heterocycles. The Labute approximate surface area is 165 Å². The van der Waals surface area contributed by atoms with Crippen LogP contribution in [0.2, 0.25) is 0 Å². The number of aliphatic hydroxyl groups is 1. The predicted molar refractivity (Wildman–Crippen MR) is 110 cm³/mol. The van der Waals surface area contributed by atoms with Crippen molar-refractivity contribution in [3.8, 4) is 0 Å². The first-order chi connectivity index (χ1) is 12.8. The summed E-state index contributed by atoms with van der Waals surface area (Å²) in [6.45, 7) is 12.7. The van der Waals surface area contributed by atoms with E-state index in [1.807, 2.05) is 12.5 Å². The zero-order chi connectivity index (χ0) is 19.2. The van der Waals surface area contributed by atoms with Crippen LogP contribution in [-0.2, 0) is 6.54 Å². The predicted octanol–water partition coefficient (Wildman–Crippen LogP) is 5.46. The van der Waals surface area contributed by atoms with Crippen molar-refractivity contribution in [3.63, 3.8) is 0 Å². The van der Waals surface area contributed by atoms with Gasteiger partial charge in [0.2, 0.25) is 0 Å². The van der Waals surface area contributed by atoms with E-state index in [4.69, 9.17) is 0 Å². The van der Waals surface area contributed by atoms with E-state index in [1.54, 1.807) is 0 Å². The maximum atomic E-state index is 11.5. The number of aromatic nitrogens is 2. The number of nitrogens with zero attached hydrogens (tertiary/aromatic N) is 2. The summed E-state index contributed by atoms with van der Waals surface area (Å²) in [5.41, 5.74) is 1.84. The van der Waals surface area contributed by atoms with E-state index in [2.05, 4.69) is 43.1 Å². The Kier molecular flexibility index (Phi) is 5.03. The van der Waals surface area contributed by atoms with Crippen molar-refractivity contribution >= 4 is 0 Å². The van der Waals surface area contributed by atoms with Crippen molar-refractivity contribution < 1.29 is 5.11 Å². The molecule has 0 bridgehead atoms. The molecule has 1 heterocycles. The van der Waals surface area contributed by atoms with E-state index < -0.39 is 0 Å². The fourth-order valence-electron chi connectivity index (χ4n) is 7.03. The van der Waals surface area contributed by atoms with Gasteiger partial charge in [-0.25, -0.2) is 4.98 Å². The summed E-state index contributed by atoms with van der Waals surface area (Å²) in [6.07, 6.45) is 15.5. The van der Waals surface area contributed by atoms with Gasteiger partial charge >= 0.3 is 0 Å². The summed E-state index contributed by atoms with van der Waals surface area (Å²) in [5.74, 6) is 2.37. The minimum atomic E-state index is -0.155. The van der Waals surface area contributed by atoms with E-state index >= 15 is 0 Å². The summed E-state index contributed by atoms with van der Waals surface area (Å²) in [7, 11) is 0. The number of aliphatic hydroxyl groups excluding tert-OH is 1. The summed E-state index contributed by atoms with van der Waals surface area (Å²) in [5, 5.41) is 11.5. The van der Waals surface area contributed by atoms with E-state index in [9.17, 15) is 5.11 Å². The summed E-state index contributed by atoms with van der Waals surface area (Å²) < 4.78 is 2.22. The molecule has 0 spiro atoms. The third kappa shape index (κ3) is 3.20. The molecule has 3 heteroatoms. The number of hydrogen-bond donors (Lipinski definition) is 1. The molecule has 3 saturated carbocycles. The number of fused-ring (bicyclic) bond motifs is 1. The number of rotatable bonds is 4. The number of aryl methyl sites for hydroxylation is 1. The Morgan fingerprint density at radius 2 is 2.04 bits per heavy atom. The van der Waals surface area contributed by atoms with Crippen LogP contribution in [0.4, 0.5) is 0 Å². The minimum Gasteiger partial charge on any atom is -0.392 e. The lowest BCUT2D eigenvalue weighted by Gasteiger charge is -2.55. The van der Waals surface area contributed by atoms with E-state index in [0.717, 1.165) is 25.3 Å². The van der Waals surface area contributed by atoms with Crippen LogP contribution in [0.5, 0.6) is 0 Å². The standard InChI is InChI=1S/C24H38N2O/c1-17-7-10-24(4,19(15-17)9-13-26-14-12-25-16-26)21-8-11-23(3)18(2)5-6-20(23)22(21)27/h12,14,16-17,19-22,27H,2,5-11,13,15H2,1,3-4H3/t17-,19-,20-,21-,22-,23+,24-/m0/s1. The molecule has 3 fully saturated rings. The molecule has 3 nitrogen and oxygen atoms in total. The average Bonchev–Trinajstić information content (AvgIpc) is 3.25. The normalized spacial score (nSPS) is 45.0. The zero-order valence-electron chi connectivity index (χ0n) is 17.5. The van der Waals surface area contributed by atoms with Crippen molar-refractivity contribution in [2.45, 2.75) is 84.8 Å². The van der Waals surface area contributed by atoms with Gasteiger partial charge in [-0.2, -0.15) is 0 Å². The SMILES string of the molecule is C=C1CC[C@H]2[C@H](O)[C@@H]([C@@]3(C)CC[C@H](C)C[C@@H]3CCn3ccnc3)CC[C@]12C. The Morgan fingerprint density at radius 3 is 2.78 bits per heavy atom. The highest BCUT2D eigenvalue weighted by Gasteiger charge is 2.56. The quantitative estimate of drug-likeness (QED) is 0.715.